The average Bonchev–Trinajstić information content (AvgIpc) is 2.96. The lowest BCUT2D eigenvalue weighted by Crippen LogP contribution is -2.53. The Bertz CT molecular complexity index is 596. The molecule has 0 unspecified atom stereocenters. The van der Waals surface area contributed by atoms with E-state index in [0.29, 0.717) is 24.3 Å². The molecule has 3 aliphatic heterocycles. The Balaban J connectivity index is 1.36. The van der Waals surface area contributed by atoms with E-state index in [1.807, 2.05) is 24.4 Å². The van der Waals surface area contributed by atoms with Crippen molar-refractivity contribution in [2.75, 3.05) is 42.6 Å². The summed E-state index contributed by atoms with van der Waals surface area (Å²) in [7, 11) is 0. The van der Waals surface area contributed by atoms with Crippen LogP contribution in [0.5, 0.6) is 0 Å². The van der Waals surface area contributed by atoms with Gasteiger partial charge in [-0.15, -0.1) is 0 Å². The molecule has 1 aromatic rings. The lowest BCUT2D eigenvalue weighted by Gasteiger charge is -2.48. The molecule has 4 heterocycles. The molecule has 1 amide bonds. The molecule has 1 aromatic heterocycles. The molecule has 3 fully saturated rings. The Morgan fingerprint density at radius 2 is 1.88 bits per heavy atom. The van der Waals surface area contributed by atoms with Gasteiger partial charge in [0.2, 0.25) is 5.91 Å². The number of carbonyl (C=O) groups excluding carboxylic acids is 1. The van der Waals surface area contributed by atoms with Gasteiger partial charge in [0.15, 0.2) is 0 Å². The highest BCUT2D eigenvalue weighted by Gasteiger charge is 2.42. The maximum atomic E-state index is 12.5. The molecule has 142 valence electrons. The first-order chi connectivity index (χ1) is 12.7. The van der Waals surface area contributed by atoms with Crippen LogP contribution >= 0.6 is 23.5 Å². The summed E-state index contributed by atoms with van der Waals surface area (Å²) >= 11 is 4.25. The van der Waals surface area contributed by atoms with Crippen molar-refractivity contribution in [3.8, 4) is 0 Å². The van der Waals surface area contributed by atoms with E-state index >= 15 is 0 Å². The normalized spacial score (nSPS) is 25.4. The molecule has 4 nitrogen and oxygen atoms in total. The Kier molecular flexibility index (Phi) is 6.11. The van der Waals surface area contributed by atoms with Gasteiger partial charge in [-0.25, -0.2) is 0 Å². The van der Waals surface area contributed by atoms with Crippen LogP contribution in [-0.4, -0.2) is 69.4 Å². The highest BCUT2D eigenvalue weighted by atomic mass is 32.2. The van der Waals surface area contributed by atoms with Crippen LogP contribution in [0.2, 0.25) is 0 Å². The third-order valence-electron chi connectivity index (χ3n) is 6.19. The number of amides is 1. The number of hydrogen-bond donors (Lipinski definition) is 0. The molecule has 3 aliphatic rings. The van der Waals surface area contributed by atoms with Gasteiger partial charge in [0.05, 0.1) is 12.2 Å². The maximum Gasteiger partial charge on any atom is 0.222 e. The van der Waals surface area contributed by atoms with Gasteiger partial charge >= 0.3 is 0 Å². The van der Waals surface area contributed by atoms with E-state index < -0.39 is 0 Å². The third-order valence-corrected chi connectivity index (χ3v) is 8.68. The van der Waals surface area contributed by atoms with E-state index in [-0.39, 0.29) is 0 Å². The van der Waals surface area contributed by atoms with Crippen molar-refractivity contribution in [1.82, 2.24) is 14.8 Å². The lowest BCUT2D eigenvalue weighted by atomic mass is 9.72. The highest BCUT2D eigenvalue weighted by Crippen LogP contribution is 2.41. The number of hydrogen-bond acceptors (Lipinski definition) is 5. The van der Waals surface area contributed by atoms with Crippen LogP contribution in [0.3, 0.4) is 0 Å². The number of carbonyl (C=O) groups is 1. The maximum absolute atomic E-state index is 12.5. The summed E-state index contributed by atoms with van der Waals surface area (Å²) in [5, 5.41) is 0. The summed E-state index contributed by atoms with van der Waals surface area (Å²) in [5.41, 5.74) is 1.34. The molecule has 3 saturated heterocycles. The van der Waals surface area contributed by atoms with Crippen LogP contribution in [-0.2, 0) is 11.3 Å². The van der Waals surface area contributed by atoms with Crippen LogP contribution in [0.15, 0.2) is 24.4 Å². The van der Waals surface area contributed by atoms with Gasteiger partial charge in [-0.2, -0.15) is 23.5 Å². The summed E-state index contributed by atoms with van der Waals surface area (Å²) in [6.45, 7) is 4.00. The summed E-state index contributed by atoms with van der Waals surface area (Å²) in [6, 6.07) is 6.72. The van der Waals surface area contributed by atoms with Crippen LogP contribution < -0.4 is 0 Å². The van der Waals surface area contributed by atoms with Crippen molar-refractivity contribution < 1.29 is 4.79 Å². The van der Waals surface area contributed by atoms with Crippen LogP contribution in [0.25, 0.3) is 0 Å². The van der Waals surface area contributed by atoms with Crippen molar-refractivity contribution in [1.29, 1.82) is 0 Å². The molecule has 0 saturated carbocycles. The predicted octanol–water partition coefficient (Wildman–Crippen LogP) is 3.13. The fourth-order valence-electron chi connectivity index (χ4n) is 4.52. The summed E-state index contributed by atoms with van der Waals surface area (Å²) in [6.07, 6.45) is 6.09. The third kappa shape index (κ3) is 4.39. The summed E-state index contributed by atoms with van der Waals surface area (Å²) < 4.78 is 0. The first-order valence-electron chi connectivity index (χ1n) is 9.81. The molecule has 0 aliphatic carbocycles. The van der Waals surface area contributed by atoms with E-state index in [2.05, 4.69) is 38.3 Å². The highest BCUT2D eigenvalue weighted by molar-refractivity contribution is 8.03. The number of thioether (sulfide) groups is 2. The minimum Gasteiger partial charge on any atom is -0.336 e. The molecule has 1 spiro atoms. The fourth-order valence-corrected chi connectivity index (χ4v) is 7.15. The zero-order valence-electron chi connectivity index (χ0n) is 15.4. The van der Waals surface area contributed by atoms with Crippen molar-refractivity contribution in [2.45, 2.75) is 38.3 Å². The first-order valence-corrected chi connectivity index (χ1v) is 12.1. The Morgan fingerprint density at radius 1 is 1.12 bits per heavy atom. The largest absolute Gasteiger partial charge is 0.336 e. The van der Waals surface area contributed by atoms with E-state index in [9.17, 15) is 4.79 Å². The first kappa shape index (κ1) is 18.6. The number of nitrogens with zero attached hydrogens (tertiary/aromatic N) is 3. The molecule has 0 atom stereocenters. The quantitative estimate of drug-likeness (QED) is 0.791. The van der Waals surface area contributed by atoms with Gasteiger partial charge in [0, 0.05) is 48.2 Å². The van der Waals surface area contributed by atoms with Gasteiger partial charge in [0.1, 0.15) is 0 Å². The Hall–Kier alpha value is -0.720. The lowest BCUT2D eigenvalue weighted by molar-refractivity contribution is -0.140. The summed E-state index contributed by atoms with van der Waals surface area (Å²) in [5.74, 6) is 5.52. The van der Waals surface area contributed by atoms with Crippen molar-refractivity contribution in [3.05, 3.63) is 30.1 Å². The van der Waals surface area contributed by atoms with E-state index in [1.165, 1.54) is 48.9 Å². The second-order valence-corrected chi connectivity index (χ2v) is 10.2. The number of rotatable bonds is 3. The number of aromatic nitrogens is 1. The standard InChI is InChI=1S/C20H29N3OS2/c24-19-4-5-20(16-23(19)13-17-3-1-2-8-21-17)6-9-22(10-7-20)18-14-25-11-12-26-15-18/h1-3,8,18H,4-7,9-16H2. The van der Waals surface area contributed by atoms with Crippen molar-refractivity contribution in [2.24, 2.45) is 5.41 Å². The van der Waals surface area contributed by atoms with Crippen LogP contribution in [0.1, 0.15) is 31.4 Å². The smallest absolute Gasteiger partial charge is 0.222 e. The zero-order chi connectivity index (χ0) is 17.8. The molecule has 26 heavy (non-hydrogen) atoms. The fraction of sp³-hybridized carbons (Fsp3) is 0.700. The number of pyridine rings is 1. The number of likely N-dealkylation sites (tertiary alicyclic amines) is 2. The molecule has 0 N–H and O–H groups in total. The van der Waals surface area contributed by atoms with Crippen LogP contribution in [0, 0.1) is 5.41 Å². The van der Waals surface area contributed by atoms with Crippen molar-refractivity contribution >= 4 is 29.4 Å². The molecule has 4 rings (SSSR count). The second-order valence-electron chi connectivity index (χ2n) is 7.91. The minimum atomic E-state index is 0.306. The van der Waals surface area contributed by atoms with Gasteiger partial charge in [-0.1, -0.05) is 6.07 Å². The predicted molar refractivity (Wildman–Crippen MR) is 111 cm³/mol. The average molecular weight is 392 g/mol. The number of piperidine rings is 2. The molecule has 0 bridgehead atoms. The summed E-state index contributed by atoms with van der Waals surface area (Å²) in [4.78, 5) is 21.7. The topological polar surface area (TPSA) is 36.4 Å². The zero-order valence-corrected chi connectivity index (χ0v) is 17.1. The van der Waals surface area contributed by atoms with Crippen LogP contribution in [0.4, 0.5) is 0 Å². The molecule has 6 heteroatoms. The van der Waals surface area contributed by atoms with E-state index in [0.717, 1.165) is 24.7 Å². The van der Waals surface area contributed by atoms with Gasteiger partial charge in [-0.05, 0) is 49.9 Å². The van der Waals surface area contributed by atoms with E-state index in [4.69, 9.17) is 0 Å². The molecule has 0 radical (unpaired) electrons. The second kappa shape index (κ2) is 8.53. The Labute approximate surface area is 165 Å². The van der Waals surface area contributed by atoms with Gasteiger partial charge in [-0.3, -0.25) is 14.7 Å². The molecule has 0 aromatic carbocycles. The minimum absolute atomic E-state index is 0.306. The van der Waals surface area contributed by atoms with Gasteiger partial charge in [0.25, 0.3) is 0 Å². The molecular formula is C20H29N3OS2. The van der Waals surface area contributed by atoms with Gasteiger partial charge < -0.3 is 4.90 Å². The SMILES string of the molecule is O=C1CCC2(CCN(C3CSCCSC3)CC2)CN1Cc1ccccn1. The monoisotopic (exact) mass is 391 g/mol. The van der Waals surface area contributed by atoms with E-state index in [1.54, 1.807) is 0 Å². The molecular weight excluding hydrogens is 362 g/mol. The van der Waals surface area contributed by atoms with Crippen molar-refractivity contribution in [3.63, 3.8) is 0 Å². The Morgan fingerprint density at radius 3 is 2.58 bits per heavy atom.